The Morgan fingerprint density at radius 1 is 1.24 bits per heavy atom. The number of rotatable bonds is 4. The van der Waals surface area contributed by atoms with Crippen LogP contribution in [0.5, 0.6) is 0 Å². The van der Waals surface area contributed by atoms with E-state index in [0.29, 0.717) is 5.69 Å². The molecular weight excluding hydrogens is 266 g/mol. The van der Waals surface area contributed by atoms with Crippen molar-refractivity contribution < 1.29 is 9.59 Å². The van der Waals surface area contributed by atoms with Gasteiger partial charge in [0.25, 0.3) is 0 Å². The number of carbonyl (C=O) groups is 2. The predicted octanol–water partition coefficient (Wildman–Crippen LogP) is 2.14. The van der Waals surface area contributed by atoms with Crippen LogP contribution in [0.1, 0.15) is 38.2 Å². The zero-order valence-corrected chi connectivity index (χ0v) is 12.1. The van der Waals surface area contributed by atoms with E-state index in [4.69, 9.17) is 0 Å². The Morgan fingerprint density at radius 3 is 2.38 bits per heavy atom. The maximum Gasteiger partial charge on any atom is 0.225 e. The molecule has 5 heteroatoms. The van der Waals surface area contributed by atoms with Gasteiger partial charge in [0, 0.05) is 12.6 Å². The molecule has 1 aliphatic carbocycles. The molecule has 110 valence electrons. The van der Waals surface area contributed by atoms with Gasteiger partial charge in [0.2, 0.25) is 11.8 Å². The Hall–Kier alpha value is -2.35. The third kappa shape index (κ3) is 4.06. The molecule has 1 saturated carbocycles. The van der Waals surface area contributed by atoms with Crippen LogP contribution in [-0.2, 0) is 16.0 Å². The summed E-state index contributed by atoms with van der Waals surface area (Å²) < 4.78 is 0. The maximum absolute atomic E-state index is 12.1. The second kappa shape index (κ2) is 6.40. The van der Waals surface area contributed by atoms with Crippen LogP contribution >= 0.6 is 0 Å². The number of nitrogens with one attached hydrogen (secondary N) is 2. The summed E-state index contributed by atoms with van der Waals surface area (Å²) in [5.41, 5.74) is 0.886. The SMILES string of the molecule is CC(=O)Nc1ccc(CC(=O)NC2(C#N)CCCC2)cc1. The van der Waals surface area contributed by atoms with Crippen LogP contribution in [0.25, 0.3) is 0 Å². The molecule has 0 unspecified atom stereocenters. The number of nitriles is 1. The Balaban J connectivity index is 1.93. The van der Waals surface area contributed by atoms with E-state index < -0.39 is 5.54 Å². The minimum atomic E-state index is -0.673. The summed E-state index contributed by atoms with van der Waals surface area (Å²) in [6, 6.07) is 9.38. The molecule has 1 fully saturated rings. The summed E-state index contributed by atoms with van der Waals surface area (Å²) in [7, 11) is 0. The van der Waals surface area contributed by atoms with Gasteiger partial charge in [-0.05, 0) is 43.4 Å². The molecule has 0 atom stereocenters. The first-order chi connectivity index (χ1) is 10.0. The largest absolute Gasteiger partial charge is 0.338 e. The molecule has 5 nitrogen and oxygen atoms in total. The topological polar surface area (TPSA) is 82.0 Å². The van der Waals surface area contributed by atoms with Crippen molar-refractivity contribution in [3.63, 3.8) is 0 Å². The van der Waals surface area contributed by atoms with Gasteiger partial charge in [-0.1, -0.05) is 12.1 Å². The first-order valence-electron chi connectivity index (χ1n) is 7.12. The average Bonchev–Trinajstić information content (AvgIpc) is 2.89. The van der Waals surface area contributed by atoms with Crippen molar-refractivity contribution in [3.05, 3.63) is 29.8 Å². The van der Waals surface area contributed by atoms with E-state index in [1.54, 1.807) is 24.3 Å². The molecule has 21 heavy (non-hydrogen) atoms. The maximum atomic E-state index is 12.1. The van der Waals surface area contributed by atoms with E-state index in [9.17, 15) is 14.9 Å². The summed E-state index contributed by atoms with van der Waals surface area (Å²) in [6.45, 7) is 1.45. The Kier molecular flexibility index (Phi) is 4.59. The molecule has 0 saturated heterocycles. The van der Waals surface area contributed by atoms with Crippen LogP contribution in [-0.4, -0.2) is 17.4 Å². The number of hydrogen-bond donors (Lipinski definition) is 2. The van der Waals surface area contributed by atoms with Gasteiger partial charge >= 0.3 is 0 Å². The molecule has 2 N–H and O–H groups in total. The molecule has 1 aliphatic rings. The second-order valence-corrected chi connectivity index (χ2v) is 5.50. The van der Waals surface area contributed by atoms with E-state index in [2.05, 4.69) is 16.7 Å². The third-order valence-electron chi connectivity index (χ3n) is 3.69. The quantitative estimate of drug-likeness (QED) is 0.889. The molecule has 1 aromatic rings. The fourth-order valence-corrected chi connectivity index (χ4v) is 2.65. The highest BCUT2D eigenvalue weighted by Crippen LogP contribution is 2.28. The lowest BCUT2D eigenvalue weighted by Gasteiger charge is -2.22. The summed E-state index contributed by atoms with van der Waals surface area (Å²) in [6.07, 6.45) is 3.68. The molecule has 2 rings (SSSR count). The minimum absolute atomic E-state index is 0.127. The van der Waals surface area contributed by atoms with Crippen LogP contribution < -0.4 is 10.6 Å². The van der Waals surface area contributed by atoms with Crippen LogP contribution in [0.4, 0.5) is 5.69 Å². The monoisotopic (exact) mass is 285 g/mol. The summed E-state index contributed by atoms with van der Waals surface area (Å²) >= 11 is 0. The molecule has 0 aliphatic heterocycles. The lowest BCUT2D eigenvalue weighted by Crippen LogP contribution is -2.45. The van der Waals surface area contributed by atoms with E-state index in [1.807, 2.05) is 0 Å². The fraction of sp³-hybridized carbons (Fsp3) is 0.438. The van der Waals surface area contributed by atoms with Crippen molar-refractivity contribution in [2.75, 3.05) is 5.32 Å². The Morgan fingerprint density at radius 2 is 1.86 bits per heavy atom. The average molecular weight is 285 g/mol. The van der Waals surface area contributed by atoms with Crippen molar-refractivity contribution >= 4 is 17.5 Å². The minimum Gasteiger partial charge on any atom is -0.338 e. The number of hydrogen-bond acceptors (Lipinski definition) is 3. The molecule has 0 aromatic heterocycles. The number of anilines is 1. The highest BCUT2D eigenvalue weighted by atomic mass is 16.2. The standard InChI is InChI=1S/C16H19N3O2/c1-12(20)18-14-6-4-13(5-7-14)10-15(21)19-16(11-17)8-2-3-9-16/h4-7H,2-3,8-10H2,1H3,(H,18,20)(H,19,21). The zero-order valence-electron chi connectivity index (χ0n) is 12.1. The van der Waals surface area contributed by atoms with Gasteiger partial charge in [0.05, 0.1) is 12.5 Å². The lowest BCUT2D eigenvalue weighted by atomic mass is 9.99. The highest BCUT2D eigenvalue weighted by Gasteiger charge is 2.35. The van der Waals surface area contributed by atoms with Crippen molar-refractivity contribution in [2.45, 2.75) is 44.6 Å². The molecule has 0 radical (unpaired) electrons. The van der Waals surface area contributed by atoms with E-state index in [0.717, 1.165) is 31.2 Å². The summed E-state index contributed by atoms with van der Waals surface area (Å²) in [5.74, 6) is -0.261. The van der Waals surface area contributed by atoms with Gasteiger partial charge in [0.15, 0.2) is 0 Å². The van der Waals surface area contributed by atoms with Gasteiger partial charge < -0.3 is 10.6 Å². The van der Waals surface area contributed by atoms with Gasteiger partial charge in [-0.2, -0.15) is 5.26 Å². The van der Waals surface area contributed by atoms with Gasteiger partial charge in [-0.25, -0.2) is 0 Å². The predicted molar refractivity (Wildman–Crippen MR) is 79.4 cm³/mol. The van der Waals surface area contributed by atoms with Gasteiger partial charge in [-0.15, -0.1) is 0 Å². The van der Waals surface area contributed by atoms with Crippen LogP contribution in [0.15, 0.2) is 24.3 Å². The number of nitrogens with zero attached hydrogens (tertiary/aromatic N) is 1. The number of benzene rings is 1. The number of amides is 2. The molecule has 0 heterocycles. The smallest absolute Gasteiger partial charge is 0.225 e. The molecule has 0 spiro atoms. The van der Waals surface area contributed by atoms with Crippen LogP contribution in [0.2, 0.25) is 0 Å². The molecular formula is C16H19N3O2. The van der Waals surface area contributed by atoms with E-state index in [1.165, 1.54) is 6.92 Å². The van der Waals surface area contributed by atoms with E-state index in [-0.39, 0.29) is 18.2 Å². The van der Waals surface area contributed by atoms with Crippen molar-refractivity contribution in [1.82, 2.24) is 5.32 Å². The van der Waals surface area contributed by atoms with Gasteiger partial charge in [0.1, 0.15) is 5.54 Å². The second-order valence-electron chi connectivity index (χ2n) is 5.50. The molecule has 1 aromatic carbocycles. The third-order valence-corrected chi connectivity index (χ3v) is 3.69. The van der Waals surface area contributed by atoms with Gasteiger partial charge in [-0.3, -0.25) is 9.59 Å². The first kappa shape index (κ1) is 15.0. The normalized spacial score (nSPS) is 16.0. The van der Waals surface area contributed by atoms with Crippen molar-refractivity contribution in [2.24, 2.45) is 0 Å². The van der Waals surface area contributed by atoms with E-state index >= 15 is 0 Å². The fourth-order valence-electron chi connectivity index (χ4n) is 2.65. The van der Waals surface area contributed by atoms with Crippen LogP contribution in [0.3, 0.4) is 0 Å². The molecule has 2 amide bonds. The van der Waals surface area contributed by atoms with Crippen LogP contribution in [0, 0.1) is 11.3 Å². The van der Waals surface area contributed by atoms with Crippen molar-refractivity contribution in [3.8, 4) is 6.07 Å². The number of carbonyl (C=O) groups excluding carboxylic acids is 2. The Bertz CT molecular complexity index is 566. The summed E-state index contributed by atoms with van der Waals surface area (Å²) in [5, 5.41) is 14.8. The Labute approximate surface area is 124 Å². The molecule has 0 bridgehead atoms. The van der Waals surface area contributed by atoms with Crippen molar-refractivity contribution in [1.29, 1.82) is 5.26 Å². The summed E-state index contributed by atoms with van der Waals surface area (Å²) in [4.78, 5) is 23.0. The first-order valence-corrected chi connectivity index (χ1v) is 7.12. The lowest BCUT2D eigenvalue weighted by molar-refractivity contribution is -0.121. The zero-order chi connectivity index (χ0) is 15.3. The highest BCUT2D eigenvalue weighted by molar-refractivity contribution is 5.88.